The van der Waals surface area contributed by atoms with Gasteiger partial charge in [0.1, 0.15) is 0 Å². The first kappa shape index (κ1) is 20.1. The molecule has 0 aromatic heterocycles. The molecule has 2 heteroatoms. The Bertz CT molecular complexity index is 943. The van der Waals surface area contributed by atoms with Crippen LogP contribution in [0.15, 0.2) is 115 Å². The maximum atomic E-state index is 3.14. The SMILES string of the molecule is PC(c1ccccc1)(c1ccccc1)c1ccccc1-c1ccccc1.[NaH]. The van der Waals surface area contributed by atoms with Gasteiger partial charge in [0.15, 0.2) is 0 Å². The average Bonchev–Trinajstić information content (AvgIpc) is 2.75. The summed E-state index contributed by atoms with van der Waals surface area (Å²) in [6.45, 7) is 0. The van der Waals surface area contributed by atoms with Crippen molar-refractivity contribution in [3.8, 4) is 11.1 Å². The summed E-state index contributed by atoms with van der Waals surface area (Å²) in [5.74, 6) is 0. The molecule has 128 valence electrons. The van der Waals surface area contributed by atoms with Crippen molar-refractivity contribution < 1.29 is 0 Å². The Balaban J connectivity index is 0.00000210. The predicted octanol–water partition coefficient (Wildman–Crippen LogP) is 5.87. The molecule has 4 aromatic carbocycles. The van der Waals surface area contributed by atoms with Crippen LogP contribution in [0.2, 0.25) is 0 Å². The van der Waals surface area contributed by atoms with E-state index in [0.29, 0.717) is 0 Å². The Morgan fingerprint density at radius 2 is 0.889 bits per heavy atom. The molecule has 0 radical (unpaired) electrons. The van der Waals surface area contributed by atoms with Crippen LogP contribution in [-0.2, 0) is 5.16 Å². The molecule has 0 bridgehead atoms. The van der Waals surface area contributed by atoms with Crippen molar-refractivity contribution in [2.45, 2.75) is 5.16 Å². The van der Waals surface area contributed by atoms with Gasteiger partial charge >= 0.3 is 29.6 Å². The van der Waals surface area contributed by atoms with Crippen LogP contribution < -0.4 is 0 Å². The summed E-state index contributed by atoms with van der Waals surface area (Å²) in [5, 5.41) is -0.311. The zero-order chi connectivity index (χ0) is 17.8. The maximum absolute atomic E-state index is 3.14. The van der Waals surface area contributed by atoms with Gasteiger partial charge in [0.05, 0.1) is 5.16 Å². The Labute approximate surface area is 186 Å². The first-order valence-electron chi connectivity index (χ1n) is 8.85. The van der Waals surface area contributed by atoms with Gasteiger partial charge < -0.3 is 0 Å². The Kier molecular flexibility index (Phi) is 6.68. The summed E-state index contributed by atoms with van der Waals surface area (Å²) in [5.41, 5.74) is 6.31. The third kappa shape index (κ3) is 3.96. The molecular weight excluding hydrogens is 354 g/mol. The molecule has 0 spiro atoms. The summed E-state index contributed by atoms with van der Waals surface area (Å²) >= 11 is 0. The van der Waals surface area contributed by atoms with E-state index in [1.54, 1.807) is 0 Å². The van der Waals surface area contributed by atoms with E-state index in [0.717, 1.165) is 0 Å². The molecule has 0 N–H and O–H groups in total. The van der Waals surface area contributed by atoms with Gasteiger partial charge in [-0.1, -0.05) is 115 Å². The second-order valence-electron chi connectivity index (χ2n) is 6.45. The fourth-order valence-electron chi connectivity index (χ4n) is 3.58. The van der Waals surface area contributed by atoms with Gasteiger partial charge in [-0.15, -0.1) is 9.24 Å². The van der Waals surface area contributed by atoms with E-state index in [2.05, 4.69) is 125 Å². The van der Waals surface area contributed by atoms with E-state index in [1.165, 1.54) is 27.8 Å². The molecule has 0 amide bonds. The minimum atomic E-state index is -0.311. The third-order valence-corrected chi connectivity index (χ3v) is 5.87. The standard InChI is InChI=1S/C25H21P.Na.H/c26-25(21-14-6-2-7-15-21,22-16-8-3-9-17-22)24-19-11-10-18-23(24)20-12-4-1-5-13-20;;/h1-19H,26H2;;. The monoisotopic (exact) mass is 376 g/mol. The third-order valence-electron chi connectivity index (χ3n) is 4.89. The number of rotatable bonds is 4. The van der Waals surface area contributed by atoms with Gasteiger partial charge in [0, 0.05) is 0 Å². The summed E-state index contributed by atoms with van der Waals surface area (Å²) < 4.78 is 0. The molecular formula is C25H22NaP. The Morgan fingerprint density at radius 1 is 0.481 bits per heavy atom. The molecule has 0 aliphatic carbocycles. The normalized spacial score (nSPS) is 10.9. The second kappa shape index (κ2) is 9.00. The van der Waals surface area contributed by atoms with E-state index in [1.807, 2.05) is 0 Å². The van der Waals surface area contributed by atoms with Crippen molar-refractivity contribution in [1.82, 2.24) is 0 Å². The molecule has 0 saturated carbocycles. The van der Waals surface area contributed by atoms with E-state index in [9.17, 15) is 0 Å². The van der Waals surface area contributed by atoms with E-state index >= 15 is 0 Å². The van der Waals surface area contributed by atoms with Crippen molar-refractivity contribution in [3.05, 3.63) is 132 Å². The molecule has 0 aliphatic rings. The minimum absolute atomic E-state index is 0. The second-order valence-corrected chi connectivity index (χ2v) is 7.32. The van der Waals surface area contributed by atoms with Gasteiger partial charge in [0.2, 0.25) is 0 Å². The zero-order valence-corrected chi connectivity index (χ0v) is 15.7. The summed E-state index contributed by atoms with van der Waals surface area (Å²) in [6, 6.07) is 40.8. The van der Waals surface area contributed by atoms with Crippen LogP contribution in [0.4, 0.5) is 0 Å². The summed E-state index contributed by atoms with van der Waals surface area (Å²) in [6.07, 6.45) is 0. The van der Waals surface area contributed by atoms with Crippen LogP contribution in [0.5, 0.6) is 0 Å². The Hall–Kier alpha value is -1.69. The molecule has 0 heterocycles. The fourth-order valence-corrected chi connectivity index (χ4v) is 4.21. The van der Waals surface area contributed by atoms with E-state index < -0.39 is 0 Å². The molecule has 4 rings (SSSR count). The van der Waals surface area contributed by atoms with Crippen molar-refractivity contribution >= 4 is 38.8 Å². The fraction of sp³-hybridized carbons (Fsp3) is 0.0400. The topological polar surface area (TPSA) is 0 Å². The first-order chi connectivity index (χ1) is 12.8. The quantitative estimate of drug-likeness (QED) is 0.237. The van der Waals surface area contributed by atoms with Gasteiger partial charge in [-0.05, 0) is 27.8 Å². The van der Waals surface area contributed by atoms with Crippen LogP contribution in [0, 0.1) is 0 Å². The molecule has 0 saturated heterocycles. The predicted molar refractivity (Wildman–Crippen MR) is 122 cm³/mol. The number of benzene rings is 4. The van der Waals surface area contributed by atoms with Gasteiger partial charge in [0.25, 0.3) is 0 Å². The summed E-state index contributed by atoms with van der Waals surface area (Å²) in [7, 11) is 3.14. The number of hydrogen-bond donors (Lipinski definition) is 0. The molecule has 0 nitrogen and oxygen atoms in total. The molecule has 1 atom stereocenters. The average molecular weight is 376 g/mol. The molecule has 1 unspecified atom stereocenters. The molecule has 27 heavy (non-hydrogen) atoms. The van der Waals surface area contributed by atoms with Crippen LogP contribution in [0.3, 0.4) is 0 Å². The van der Waals surface area contributed by atoms with Crippen molar-refractivity contribution in [1.29, 1.82) is 0 Å². The van der Waals surface area contributed by atoms with Crippen LogP contribution >= 0.6 is 9.24 Å². The van der Waals surface area contributed by atoms with Crippen molar-refractivity contribution in [2.75, 3.05) is 0 Å². The van der Waals surface area contributed by atoms with Crippen molar-refractivity contribution in [2.24, 2.45) is 0 Å². The zero-order valence-electron chi connectivity index (χ0n) is 14.5. The van der Waals surface area contributed by atoms with Crippen LogP contribution in [0.1, 0.15) is 16.7 Å². The van der Waals surface area contributed by atoms with E-state index in [4.69, 9.17) is 0 Å². The van der Waals surface area contributed by atoms with Gasteiger partial charge in [-0.25, -0.2) is 0 Å². The Morgan fingerprint density at radius 3 is 1.41 bits per heavy atom. The van der Waals surface area contributed by atoms with Crippen LogP contribution in [-0.4, -0.2) is 29.6 Å². The molecule has 4 aromatic rings. The van der Waals surface area contributed by atoms with E-state index in [-0.39, 0.29) is 34.7 Å². The van der Waals surface area contributed by atoms with Gasteiger partial charge in [-0.3, -0.25) is 0 Å². The summed E-state index contributed by atoms with van der Waals surface area (Å²) in [4.78, 5) is 0. The molecule has 0 fully saturated rings. The number of hydrogen-bond acceptors (Lipinski definition) is 0. The van der Waals surface area contributed by atoms with Crippen LogP contribution in [0.25, 0.3) is 11.1 Å². The van der Waals surface area contributed by atoms with Gasteiger partial charge in [-0.2, -0.15) is 0 Å². The van der Waals surface area contributed by atoms with Crippen molar-refractivity contribution in [3.63, 3.8) is 0 Å². The molecule has 0 aliphatic heterocycles. The first-order valence-corrected chi connectivity index (χ1v) is 9.43.